The minimum atomic E-state index is -4.92. The Balaban J connectivity index is 0.000000495. The molecule has 374 valence electrons. The van der Waals surface area contributed by atoms with E-state index in [1.807, 2.05) is 5.38 Å². The van der Waals surface area contributed by atoms with Crippen molar-refractivity contribution in [1.82, 2.24) is 19.9 Å². The Hall–Kier alpha value is -7.07. The number of aromatic nitrogens is 4. The van der Waals surface area contributed by atoms with Crippen molar-refractivity contribution < 1.29 is 87.6 Å². The number of halogens is 9. The third kappa shape index (κ3) is 19.3. The van der Waals surface area contributed by atoms with Crippen molar-refractivity contribution in [2.24, 2.45) is 0 Å². The van der Waals surface area contributed by atoms with Crippen LogP contribution in [0.3, 0.4) is 0 Å². The van der Waals surface area contributed by atoms with Crippen LogP contribution >= 0.6 is 23.6 Å². The predicted molar refractivity (Wildman–Crippen MR) is 247 cm³/mol. The molecule has 25 heteroatoms. The number of nitrogens with one attached hydrogen (secondary N) is 2. The van der Waals surface area contributed by atoms with Crippen LogP contribution in [-0.2, 0) is 54.5 Å². The molecule has 0 aliphatic heterocycles. The Morgan fingerprint density at radius 2 is 1.27 bits per heavy atom. The molecule has 0 fully saturated rings. The number of hydrogen-bond acceptors (Lipinski definition) is 13. The van der Waals surface area contributed by atoms with Gasteiger partial charge < -0.3 is 25.4 Å². The summed E-state index contributed by atoms with van der Waals surface area (Å²) in [7, 11) is 0. The van der Waals surface area contributed by atoms with E-state index in [0.717, 1.165) is 66.2 Å². The molecule has 0 aromatic carbocycles. The second kappa shape index (κ2) is 29.2. The van der Waals surface area contributed by atoms with Crippen LogP contribution in [0.5, 0.6) is 0 Å². The number of carbonyl (C=O) groups is 3. The van der Waals surface area contributed by atoms with Crippen LogP contribution in [0.2, 0.25) is 0 Å². The number of isothiocyanates is 1. The van der Waals surface area contributed by atoms with Gasteiger partial charge in [0.25, 0.3) is 19.4 Å². The minimum absolute atomic E-state index is 0. The Kier molecular flexibility index (Phi) is 24.7. The molecule has 0 amide bonds. The molecule has 0 aliphatic carbocycles. The molecule has 0 spiro atoms. The van der Waals surface area contributed by atoms with Gasteiger partial charge in [-0.25, -0.2) is 4.98 Å². The number of aryl methyl sites for hydroxylation is 1. The molecule has 5 rings (SSSR count). The molecule has 71 heavy (non-hydrogen) atoms. The number of nitrogens with zero attached hydrogens (tertiary/aromatic N) is 5. The van der Waals surface area contributed by atoms with Crippen molar-refractivity contribution >= 4 is 76.8 Å². The van der Waals surface area contributed by atoms with E-state index in [2.05, 4.69) is 59.4 Å². The average Bonchev–Trinajstić information content (AvgIpc) is 3.79. The molecule has 5 aromatic heterocycles. The first-order valence-electron chi connectivity index (χ1n) is 19.8. The predicted octanol–water partition coefficient (Wildman–Crippen LogP) is 13.1. The van der Waals surface area contributed by atoms with Crippen molar-refractivity contribution in [3.63, 3.8) is 0 Å². The van der Waals surface area contributed by atoms with Gasteiger partial charge in [-0.3, -0.25) is 34.7 Å². The monoisotopic (exact) mass is 1120 g/mol. The Morgan fingerprint density at radius 3 is 1.75 bits per heavy atom. The number of alkyl halides is 9. The van der Waals surface area contributed by atoms with Gasteiger partial charge in [0.05, 0.1) is 40.2 Å². The molecular weight excluding hydrogens is 1080 g/mol. The maximum Gasteiger partial charge on any atom is 2.00 e. The second-order valence-corrected chi connectivity index (χ2v) is 14.8. The topological polar surface area (TPSA) is 200 Å². The van der Waals surface area contributed by atoms with Crippen molar-refractivity contribution in [1.29, 1.82) is 5.41 Å². The smallest absolute Gasteiger partial charge is 0.753 e. The van der Waals surface area contributed by atoms with E-state index < -0.39 is 52.2 Å². The number of unbranched alkanes of at least 4 members (excludes halogenated alkanes) is 3. The summed E-state index contributed by atoms with van der Waals surface area (Å²) in [5.74, 6) is 0. The molecule has 0 bridgehead atoms. The molecule has 5 aromatic rings. The van der Waals surface area contributed by atoms with Crippen LogP contribution in [0.4, 0.5) is 39.5 Å². The van der Waals surface area contributed by atoms with Crippen molar-refractivity contribution in [2.75, 3.05) is 0 Å². The Morgan fingerprint density at radius 1 is 0.746 bits per heavy atom. The van der Waals surface area contributed by atoms with Crippen molar-refractivity contribution in [2.45, 2.75) is 57.6 Å². The van der Waals surface area contributed by atoms with E-state index in [1.54, 1.807) is 23.5 Å². The van der Waals surface area contributed by atoms with E-state index in [-0.39, 0.29) is 85.5 Å². The summed E-state index contributed by atoms with van der Waals surface area (Å²) < 4.78 is 132. The normalized spacial score (nSPS) is 11.9. The van der Waals surface area contributed by atoms with Crippen LogP contribution in [0.25, 0.3) is 67.3 Å². The van der Waals surface area contributed by atoms with Crippen LogP contribution in [-0.4, -0.2) is 68.8 Å². The van der Waals surface area contributed by atoms with Gasteiger partial charge in [0.1, 0.15) is 18.2 Å². The van der Waals surface area contributed by atoms with E-state index >= 15 is 0 Å². The van der Waals surface area contributed by atoms with Crippen molar-refractivity contribution in [3.8, 4) is 33.2 Å². The fraction of sp³-hybridized carbons (Fsp3) is 0.196. The zero-order chi connectivity index (χ0) is 51.9. The molecule has 5 heterocycles. The fourth-order valence-corrected chi connectivity index (χ4v) is 6.83. The molecule has 0 saturated heterocycles. The Labute approximate surface area is 421 Å². The number of ether oxygens (including phenoxy) is 3. The SMILES string of the molecule is CCCCCCc1ccsc1-c1ccnc(/C([NH-])=C/C(=N)C(F)(F)F)c1.O=CO/C=C(/c1ccnc(-c2cc(/C=C/OC=O)cc(-c3cc(/C(=C/OC=O)C(F)(F)F)ccn3)n2)c1)C(F)(F)F.[N-]=C=S.[Ru+2]. The average molecular weight is 1120 g/mol. The molecule has 13 nitrogen and oxygen atoms in total. The summed E-state index contributed by atoms with van der Waals surface area (Å²) in [5.41, 5.74) is 4.48. The summed E-state index contributed by atoms with van der Waals surface area (Å²) in [6.07, 6.45) is -2.24. The third-order valence-electron chi connectivity index (χ3n) is 8.94. The maximum absolute atomic E-state index is 13.6. The van der Waals surface area contributed by atoms with Gasteiger partial charge in [-0.1, -0.05) is 38.4 Å². The van der Waals surface area contributed by atoms with Crippen LogP contribution < -0.4 is 0 Å². The van der Waals surface area contributed by atoms with Gasteiger partial charge >= 0.3 is 38.0 Å². The number of pyridine rings is 4. The first-order chi connectivity index (χ1) is 33.2. The molecular formula is C46H36F9N7O6RuS2. The van der Waals surface area contributed by atoms with E-state index in [4.69, 9.17) is 16.6 Å². The number of thiophene rings is 1. The zero-order valence-electron chi connectivity index (χ0n) is 36.4. The van der Waals surface area contributed by atoms with E-state index in [9.17, 15) is 53.9 Å². The molecule has 2 N–H and O–H groups in total. The van der Waals surface area contributed by atoms with Crippen LogP contribution in [0.1, 0.15) is 60.6 Å². The van der Waals surface area contributed by atoms with Gasteiger partial charge in [0.2, 0.25) is 0 Å². The van der Waals surface area contributed by atoms with Gasteiger partial charge in [-0.2, -0.15) is 44.7 Å². The van der Waals surface area contributed by atoms with Crippen LogP contribution in [0.15, 0.2) is 103 Å². The van der Waals surface area contributed by atoms with E-state index in [0.29, 0.717) is 6.08 Å². The summed E-state index contributed by atoms with van der Waals surface area (Å²) in [6, 6.07) is 12.2. The second-order valence-electron chi connectivity index (χ2n) is 13.7. The zero-order valence-corrected chi connectivity index (χ0v) is 39.8. The van der Waals surface area contributed by atoms with Gasteiger partial charge in [-0.15, -0.1) is 17.0 Å². The fourth-order valence-electron chi connectivity index (χ4n) is 5.87. The van der Waals surface area contributed by atoms with Gasteiger partial charge in [0.15, 0.2) is 0 Å². The molecule has 0 aliphatic rings. The standard InChI is InChI=1S/C26H15F6N3O6.C19H21F3N3S.CNS.Ru/c27-25(28,29)19(11-40-14-37)17-1-4-33-21(9-17)23-7-16(3-6-39-13-36)8-24(35-23)22-10-18(2-5-34-22)20(12-41-15-38)26(30,31)32;1-2-3-4-5-6-13-8-10-26-18(13)14-7-9-25-16(11-14)15(23)12-17(24)19(20,21)22;2-1-3;/h1-15H;7-12,23-24H,2-6H2,1H3;;/q;2*-1;+2/b6-3+,19-11-,20-12-;15-12-,24-17?;;. The summed E-state index contributed by atoms with van der Waals surface area (Å²) >= 11 is 5.27. The number of hydrogen-bond donors (Lipinski definition) is 1. The molecule has 0 atom stereocenters. The summed E-state index contributed by atoms with van der Waals surface area (Å²) in [5, 5.41) is 17.5. The number of thiocarbonyl (C=S) groups is 1. The number of carbonyl (C=O) groups excluding carboxylic acids is 3. The number of rotatable bonds is 19. The minimum Gasteiger partial charge on any atom is -0.753 e. The molecule has 0 radical (unpaired) electrons. The number of allylic oxidation sites excluding steroid dienone is 3. The quantitative estimate of drug-likeness (QED) is 0.0121. The summed E-state index contributed by atoms with van der Waals surface area (Å²) in [6.45, 7) is 1.91. The molecule has 0 saturated carbocycles. The van der Waals surface area contributed by atoms with E-state index in [1.165, 1.54) is 54.4 Å². The maximum atomic E-state index is 13.6. The largest absolute Gasteiger partial charge is 2.00 e. The first-order valence-corrected chi connectivity index (χ1v) is 21.1. The Bertz CT molecular complexity index is 2660. The van der Waals surface area contributed by atoms with Crippen LogP contribution in [0, 0.1) is 5.41 Å². The molecule has 0 unspecified atom stereocenters. The third-order valence-corrected chi connectivity index (χ3v) is 9.95. The van der Waals surface area contributed by atoms with Gasteiger partial charge in [0, 0.05) is 29.2 Å². The first kappa shape index (κ1) is 60.1. The summed E-state index contributed by atoms with van der Waals surface area (Å²) in [4.78, 5) is 48.9. The van der Waals surface area contributed by atoms with Crippen molar-refractivity contribution in [3.05, 3.63) is 143 Å². The van der Waals surface area contributed by atoms with Gasteiger partial charge in [-0.05, 0) is 113 Å².